The molecule has 0 aliphatic rings. The lowest BCUT2D eigenvalue weighted by Crippen LogP contribution is -2.30. The molecule has 2 aromatic rings. The zero-order valence-corrected chi connectivity index (χ0v) is 14.5. The van der Waals surface area contributed by atoms with Crippen LogP contribution in [0.25, 0.3) is 0 Å². The highest BCUT2D eigenvalue weighted by atomic mass is 35.5. The van der Waals surface area contributed by atoms with Crippen LogP contribution in [-0.4, -0.2) is 24.4 Å². The largest absolute Gasteiger partial charge is 0.462 e. The third-order valence-electron chi connectivity index (χ3n) is 3.31. The maximum absolute atomic E-state index is 12.1. The molecule has 0 aliphatic heterocycles. The van der Waals surface area contributed by atoms with Gasteiger partial charge < -0.3 is 15.4 Å². The zero-order valence-electron chi connectivity index (χ0n) is 13.8. The van der Waals surface area contributed by atoms with Crippen LogP contribution in [0.2, 0.25) is 5.02 Å². The molecule has 0 radical (unpaired) electrons. The fourth-order valence-electron chi connectivity index (χ4n) is 2.10. The minimum absolute atomic E-state index is 0.174. The molecule has 2 N–H and O–H groups in total. The number of ether oxygens (including phenoxy) is 1. The second-order valence-electron chi connectivity index (χ2n) is 5.13. The van der Waals surface area contributed by atoms with E-state index in [4.69, 9.17) is 16.3 Å². The molecule has 0 aliphatic carbocycles. The SMILES string of the molecule is CCOC(=O)c1ccccc1NC(=O)C(=O)Nc1ccc(Cl)cc1C. The van der Waals surface area contributed by atoms with Crippen LogP contribution in [0, 0.1) is 6.92 Å². The van der Waals surface area contributed by atoms with Crippen LogP contribution in [0.15, 0.2) is 42.5 Å². The normalized spacial score (nSPS) is 10.0. The molecule has 0 aromatic heterocycles. The van der Waals surface area contributed by atoms with E-state index in [2.05, 4.69) is 10.6 Å². The number of halogens is 1. The van der Waals surface area contributed by atoms with Gasteiger partial charge in [0, 0.05) is 10.7 Å². The molecule has 0 fully saturated rings. The van der Waals surface area contributed by atoms with Gasteiger partial charge in [0.25, 0.3) is 0 Å². The van der Waals surface area contributed by atoms with E-state index in [1.165, 1.54) is 12.1 Å². The van der Waals surface area contributed by atoms with Crippen molar-refractivity contribution in [1.29, 1.82) is 0 Å². The highest BCUT2D eigenvalue weighted by Crippen LogP contribution is 2.20. The van der Waals surface area contributed by atoms with E-state index in [1.54, 1.807) is 44.2 Å². The lowest BCUT2D eigenvalue weighted by Gasteiger charge is -2.11. The fraction of sp³-hybridized carbons (Fsp3) is 0.167. The monoisotopic (exact) mass is 360 g/mol. The Bertz CT molecular complexity index is 820. The van der Waals surface area contributed by atoms with Crippen molar-refractivity contribution in [3.63, 3.8) is 0 Å². The zero-order chi connectivity index (χ0) is 18.4. The van der Waals surface area contributed by atoms with Crippen molar-refractivity contribution in [2.24, 2.45) is 0 Å². The number of carbonyl (C=O) groups is 3. The molecule has 6 nitrogen and oxygen atoms in total. The lowest BCUT2D eigenvalue weighted by molar-refractivity contribution is -0.133. The predicted octanol–water partition coefficient (Wildman–Crippen LogP) is 3.40. The molecule has 130 valence electrons. The Morgan fingerprint density at radius 1 is 1.00 bits per heavy atom. The standard InChI is InChI=1S/C18H17ClN2O4/c1-3-25-18(24)13-6-4-5-7-15(13)21-17(23)16(22)20-14-9-8-12(19)10-11(14)2/h4-10H,3H2,1-2H3,(H,20,22)(H,21,23). The molecule has 0 heterocycles. The summed E-state index contributed by atoms with van der Waals surface area (Å²) in [4.78, 5) is 36.1. The van der Waals surface area contributed by atoms with E-state index in [9.17, 15) is 14.4 Å². The molecule has 0 saturated carbocycles. The number of rotatable bonds is 4. The summed E-state index contributed by atoms with van der Waals surface area (Å²) in [5.41, 5.74) is 1.57. The number of nitrogens with one attached hydrogen (secondary N) is 2. The van der Waals surface area contributed by atoms with E-state index < -0.39 is 17.8 Å². The van der Waals surface area contributed by atoms with Gasteiger partial charge in [-0.3, -0.25) is 9.59 Å². The molecule has 2 rings (SSSR count). The number of anilines is 2. The third-order valence-corrected chi connectivity index (χ3v) is 3.55. The topological polar surface area (TPSA) is 84.5 Å². The summed E-state index contributed by atoms with van der Waals surface area (Å²) in [6.07, 6.45) is 0. The molecule has 0 bridgehead atoms. The minimum Gasteiger partial charge on any atom is -0.462 e. The highest BCUT2D eigenvalue weighted by Gasteiger charge is 2.19. The molecule has 2 aromatic carbocycles. The van der Waals surface area contributed by atoms with E-state index in [-0.39, 0.29) is 17.9 Å². The molecule has 0 atom stereocenters. The van der Waals surface area contributed by atoms with Gasteiger partial charge in [-0.15, -0.1) is 0 Å². The third kappa shape index (κ3) is 4.81. The van der Waals surface area contributed by atoms with Gasteiger partial charge in [-0.05, 0) is 49.7 Å². The van der Waals surface area contributed by atoms with Gasteiger partial charge in [-0.2, -0.15) is 0 Å². The number of carbonyl (C=O) groups excluding carboxylic acids is 3. The van der Waals surface area contributed by atoms with Gasteiger partial charge in [-0.25, -0.2) is 4.79 Å². The van der Waals surface area contributed by atoms with Crippen LogP contribution in [0.3, 0.4) is 0 Å². The fourth-order valence-corrected chi connectivity index (χ4v) is 2.33. The van der Waals surface area contributed by atoms with Crippen LogP contribution < -0.4 is 10.6 Å². The van der Waals surface area contributed by atoms with Crippen molar-refractivity contribution < 1.29 is 19.1 Å². The first-order chi connectivity index (χ1) is 11.9. The van der Waals surface area contributed by atoms with E-state index in [0.717, 1.165) is 5.56 Å². The second kappa shape index (κ2) is 8.30. The average molecular weight is 361 g/mol. The summed E-state index contributed by atoms with van der Waals surface area (Å²) >= 11 is 5.86. The molecule has 2 amide bonds. The van der Waals surface area contributed by atoms with E-state index in [0.29, 0.717) is 10.7 Å². The van der Waals surface area contributed by atoms with Gasteiger partial charge in [0.15, 0.2) is 0 Å². The summed E-state index contributed by atoms with van der Waals surface area (Å²) < 4.78 is 4.93. The summed E-state index contributed by atoms with van der Waals surface area (Å²) in [6, 6.07) is 11.2. The lowest BCUT2D eigenvalue weighted by atomic mass is 10.1. The predicted molar refractivity (Wildman–Crippen MR) is 95.8 cm³/mol. The minimum atomic E-state index is -0.897. The van der Waals surface area contributed by atoms with Crippen molar-refractivity contribution >= 4 is 40.8 Å². The first kappa shape index (κ1) is 18.5. The van der Waals surface area contributed by atoms with Gasteiger partial charge in [0.2, 0.25) is 0 Å². The van der Waals surface area contributed by atoms with Crippen molar-refractivity contribution in [3.8, 4) is 0 Å². The Balaban J connectivity index is 2.11. The molecular formula is C18H17ClN2O4. The van der Waals surface area contributed by atoms with Gasteiger partial charge in [0.1, 0.15) is 0 Å². The molecule has 7 heteroatoms. The number of para-hydroxylation sites is 1. The van der Waals surface area contributed by atoms with Crippen LogP contribution in [0.4, 0.5) is 11.4 Å². The van der Waals surface area contributed by atoms with Crippen LogP contribution in [0.1, 0.15) is 22.8 Å². The number of benzene rings is 2. The van der Waals surface area contributed by atoms with Gasteiger partial charge in [-0.1, -0.05) is 23.7 Å². The van der Waals surface area contributed by atoms with Crippen LogP contribution >= 0.6 is 11.6 Å². The summed E-state index contributed by atoms with van der Waals surface area (Å²) in [5, 5.41) is 5.46. The van der Waals surface area contributed by atoms with Crippen molar-refractivity contribution in [2.75, 3.05) is 17.2 Å². The second-order valence-corrected chi connectivity index (χ2v) is 5.57. The van der Waals surface area contributed by atoms with Gasteiger partial charge in [0.05, 0.1) is 17.9 Å². The van der Waals surface area contributed by atoms with Crippen LogP contribution in [0.5, 0.6) is 0 Å². The number of aryl methyl sites for hydroxylation is 1. The van der Waals surface area contributed by atoms with E-state index in [1.807, 2.05) is 0 Å². The Morgan fingerprint density at radius 2 is 1.64 bits per heavy atom. The van der Waals surface area contributed by atoms with Gasteiger partial charge >= 0.3 is 17.8 Å². The number of hydrogen-bond donors (Lipinski definition) is 2. The van der Waals surface area contributed by atoms with Crippen LogP contribution in [-0.2, 0) is 14.3 Å². The molecule has 0 spiro atoms. The summed E-state index contributed by atoms with van der Waals surface area (Å²) in [6.45, 7) is 3.65. The molecule has 0 saturated heterocycles. The summed E-state index contributed by atoms with van der Waals surface area (Å²) in [5.74, 6) is -2.33. The Kier molecular flexibility index (Phi) is 6.14. The highest BCUT2D eigenvalue weighted by molar-refractivity contribution is 6.44. The quantitative estimate of drug-likeness (QED) is 0.646. The van der Waals surface area contributed by atoms with Crippen molar-refractivity contribution in [3.05, 3.63) is 58.6 Å². The Hall–Kier alpha value is -2.86. The Morgan fingerprint density at radius 3 is 2.28 bits per heavy atom. The maximum Gasteiger partial charge on any atom is 0.340 e. The average Bonchev–Trinajstić information content (AvgIpc) is 2.58. The van der Waals surface area contributed by atoms with Crippen molar-refractivity contribution in [1.82, 2.24) is 0 Å². The summed E-state index contributed by atoms with van der Waals surface area (Å²) in [7, 11) is 0. The number of esters is 1. The maximum atomic E-state index is 12.1. The molecule has 0 unspecified atom stereocenters. The molecular weight excluding hydrogens is 344 g/mol. The molecule has 25 heavy (non-hydrogen) atoms. The Labute approximate surface area is 150 Å². The smallest absolute Gasteiger partial charge is 0.340 e. The first-order valence-electron chi connectivity index (χ1n) is 7.57. The van der Waals surface area contributed by atoms with Crippen molar-refractivity contribution in [2.45, 2.75) is 13.8 Å². The van der Waals surface area contributed by atoms with E-state index >= 15 is 0 Å². The first-order valence-corrected chi connectivity index (χ1v) is 7.94. The number of hydrogen-bond acceptors (Lipinski definition) is 4. The number of amides is 2.